The number of hydrogen-bond donors (Lipinski definition) is 2. The minimum Gasteiger partial charge on any atom is -0.497 e. The SMILES string of the molecule is CCN(CC)C(=S)NN=C(C(=NNC(=S)N(CC)CC)c1ccc(OC)cc1)c1ccccc1. The first-order chi connectivity index (χ1) is 16.5. The number of hydrazone groups is 2. The number of nitrogens with zero attached hydrogens (tertiary/aromatic N) is 4. The summed E-state index contributed by atoms with van der Waals surface area (Å²) in [5.74, 6) is 0.758. The van der Waals surface area contributed by atoms with Gasteiger partial charge in [0.15, 0.2) is 10.2 Å². The molecule has 0 aliphatic heterocycles. The molecule has 0 saturated heterocycles. The molecule has 0 radical (unpaired) electrons. The number of thiocarbonyl (C=S) groups is 2. The molecular weight excluding hydrogens is 464 g/mol. The number of rotatable bonds is 10. The highest BCUT2D eigenvalue weighted by molar-refractivity contribution is 7.80. The van der Waals surface area contributed by atoms with E-state index in [0.717, 1.165) is 43.1 Å². The molecule has 2 N–H and O–H groups in total. The minimum absolute atomic E-state index is 0.551. The quantitative estimate of drug-likeness (QED) is 0.289. The second kappa shape index (κ2) is 14.3. The van der Waals surface area contributed by atoms with Crippen LogP contribution in [0.1, 0.15) is 38.8 Å². The largest absolute Gasteiger partial charge is 0.497 e. The molecular formula is C25H34N6OS2. The monoisotopic (exact) mass is 498 g/mol. The van der Waals surface area contributed by atoms with Crippen LogP contribution in [0.25, 0.3) is 0 Å². The summed E-state index contributed by atoms with van der Waals surface area (Å²) in [7, 11) is 1.64. The third-order valence-electron chi connectivity index (χ3n) is 5.26. The van der Waals surface area contributed by atoms with Gasteiger partial charge in [-0.05, 0) is 76.4 Å². The van der Waals surface area contributed by atoms with E-state index in [-0.39, 0.29) is 0 Å². The lowest BCUT2D eigenvalue weighted by atomic mass is 10.00. The lowest BCUT2D eigenvalue weighted by Gasteiger charge is -2.22. The van der Waals surface area contributed by atoms with Gasteiger partial charge in [-0.1, -0.05) is 30.3 Å². The smallest absolute Gasteiger partial charge is 0.189 e. The van der Waals surface area contributed by atoms with Crippen molar-refractivity contribution in [2.45, 2.75) is 27.7 Å². The molecule has 2 aromatic carbocycles. The molecule has 0 aromatic heterocycles. The van der Waals surface area contributed by atoms with Crippen molar-refractivity contribution in [2.24, 2.45) is 10.2 Å². The number of benzene rings is 2. The van der Waals surface area contributed by atoms with Crippen molar-refractivity contribution < 1.29 is 4.74 Å². The summed E-state index contributed by atoms with van der Waals surface area (Å²) in [5, 5.41) is 10.5. The number of methoxy groups -OCH3 is 1. The van der Waals surface area contributed by atoms with E-state index in [2.05, 4.69) is 38.5 Å². The summed E-state index contributed by atoms with van der Waals surface area (Å²) in [6, 6.07) is 17.6. The lowest BCUT2D eigenvalue weighted by molar-refractivity contribution is 0.415. The van der Waals surface area contributed by atoms with Crippen LogP contribution >= 0.6 is 24.4 Å². The van der Waals surface area contributed by atoms with Crippen molar-refractivity contribution in [1.29, 1.82) is 0 Å². The molecule has 34 heavy (non-hydrogen) atoms. The normalized spacial score (nSPS) is 11.6. The number of hydrogen-bond acceptors (Lipinski definition) is 5. The average Bonchev–Trinajstić information content (AvgIpc) is 2.88. The molecule has 0 saturated carbocycles. The van der Waals surface area contributed by atoms with Gasteiger partial charge >= 0.3 is 0 Å². The zero-order valence-electron chi connectivity index (χ0n) is 20.5. The summed E-state index contributed by atoms with van der Waals surface area (Å²) >= 11 is 11.1. The van der Waals surface area contributed by atoms with Crippen LogP contribution in [0.5, 0.6) is 5.75 Å². The summed E-state index contributed by atoms with van der Waals surface area (Å²) in [6.45, 7) is 11.4. The Morgan fingerprint density at radius 1 is 0.706 bits per heavy atom. The maximum absolute atomic E-state index is 5.56. The minimum atomic E-state index is 0.551. The van der Waals surface area contributed by atoms with Gasteiger partial charge in [0.05, 0.1) is 7.11 Å². The van der Waals surface area contributed by atoms with Crippen LogP contribution in [0.4, 0.5) is 0 Å². The Hall–Kier alpha value is -3.04. The summed E-state index contributed by atoms with van der Waals surface area (Å²) < 4.78 is 5.33. The van der Waals surface area contributed by atoms with E-state index >= 15 is 0 Å². The van der Waals surface area contributed by atoms with Crippen molar-refractivity contribution in [2.75, 3.05) is 33.3 Å². The van der Waals surface area contributed by atoms with Gasteiger partial charge in [-0.2, -0.15) is 10.2 Å². The third kappa shape index (κ3) is 7.50. The topological polar surface area (TPSA) is 64.5 Å². The summed E-state index contributed by atoms with van der Waals surface area (Å²) in [6.07, 6.45) is 0. The van der Waals surface area contributed by atoms with Crippen LogP contribution in [0.15, 0.2) is 64.8 Å². The van der Waals surface area contributed by atoms with E-state index in [0.29, 0.717) is 21.6 Å². The first kappa shape index (κ1) is 27.2. The highest BCUT2D eigenvalue weighted by Gasteiger charge is 2.17. The van der Waals surface area contributed by atoms with Crippen LogP contribution in [-0.2, 0) is 0 Å². The second-order valence-electron chi connectivity index (χ2n) is 7.19. The molecule has 0 fully saturated rings. The maximum atomic E-state index is 5.56. The zero-order chi connectivity index (χ0) is 24.9. The third-order valence-corrected chi connectivity index (χ3v) is 5.96. The fourth-order valence-electron chi connectivity index (χ4n) is 3.22. The Labute approximate surface area is 213 Å². The van der Waals surface area contributed by atoms with Crippen LogP contribution in [0, 0.1) is 0 Å². The Bertz CT molecular complexity index is 984. The molecule has 0 unspecified atom stereocenters. The second-order valence-corrected chi connectivity index (χ2v) is 7.97. The summed E-state index contributed by atoms with van der Waals surface area (Å²) in [4.78, 5) is 4.05. The van der Waals surface area contributed by atoms with Crippen molar-refractivity contribution in [3.63, 3.8) is 0 Å². The van der Waals surface area contributed by atoms with E-state index in [4.69, 9.17) is 39.4 Å². The average molecular weight is 499 g/mol. The van der Waals surface area contributed by atoms with Gasteiger partial charge in [-0.25, -0.2) is 0 Å². The Morgan fingerprint density at radius 3 is 1.50 bits per heavy atom. The highest BCUT2D eigenvalue weighted by Crippen LogP contribution is 2.15. The molecule has 0 aliphatic rings. The van der Waals surface area contributed by atoms with Gasteiger partial charge in [0, 0.05) is 37.3 Å². The van der Waals surface area contributed by atoms with E-state index in [1.807, 2.05) is 64.4 Å². The van der Waals surface area contributed by atoms with E-state index < -0.39 is 0 Å². The first-order valence-electron chi connectivity index (χ1n) is 11.4. The maximum Gasteiger partial charge on any atom is 0.189 e. The first-order valence-corrected chi connectivity index (χ1v) is 12.3. The fourth-order valence-corrected chi connectivity index (χ4v) is 3.83. The molecule has 0 spiro atoms. The van der Waals surface area contributed by atoms with Crippen molar-refractivity contribution in [3.05, 3.63) is 65.7 Å². The van der Waals surface area contributed by atoms with Crippen molar-refractivity contribution >= 4 is 46.1 Å². The molecule has 7 nitrogen and oxygen atoms in total. The van der Waals surface area contributed by atoms with Gasteiger partial charge in [0.2, 0.25) is 0 Å². The number of ether oxygens (including phenoxy) is 1. The van der Waals surface area contributed by atoms with Crippen LogP contribution in [-0.4, -0.2) is 64.7 Å². The van der Waals surface area contributed by atoms with Crippen LogP contribution in [0.3, 0.4) is 0 Å². The molecule has 0 amide bonds. The predicted molar refractivity (Wildman–Crippen MR) is 150 cm³/mol. The standard InChI is InChI=1S/C25H34N6OS2/c1-6-30(7-2)24(33)28-26-22(19-13-11-10-12-14-19)23(20-15-17-21(32-5)18-16-20)27-29-25(34)31(8-3)9-4/h10-18H,6-9H2,1-5H3,(H,28,33)(H,29,34). The molecule has 2 rings (SSSR count). The molecule has 0 aliphatic carbocycles. The zero-order valence-corrected chi connectivity index (χ0v) is 22.2. The molecule has 9 heteroatoms. The van der Waals surface area contributed by atoms with Crippen molar-refractivity contribution in [1.82, 2.24) is 20.7 Å². The van der Waals surface area contributed by atoms with Crippen LogP contribution < -0.4 is 15.6 Å². The van der Waals surface area contributed by atoms with E-state index in [1.54, 1.807) is 7.11 Å². The Morgan fingerprint density at radius 2 is 1.12 bits per heavy atom. The molecule has 0 atom stereocenters. The van der Waals surface area contributed by atoms with Gasteiger partial charge in [0.1, 0.15) is 17.2 Å². The number of nitrogens with one attached hydrogen (secondary N) is 2. The predicted octanol–water partition coefficient (Wildman–Crippen LogP) is 4.24. The molecule has 0 heterocycles. The van der Waals surface area contributed by atoms with Gasteiger partial charge in [0.25, 0.3) is 0 Å². The highest BCUT2D eigenvalue weighted by atomic mass is 32.1. The molecule has 182 valence electrons. The molecule has 0 bridgehead atoms. The van der Waals surface area contributed by atoms with Gasteiger partial charge in [-0.15, -0.1) is 0 Å². The Balaban J connectivity index is 2.57. The van der Waals surface area contributed by atoms with E-state index in [9.17, 15) is 0 Å². The Kier molecular flexibility index (Phi) is 11.4. The molecule has 2 aromatic rings. The lowest BCUT2D eigenvalue weighted by Crippen LogP contribution is -2.39. The van der Waals surface area contributed by atoms with Gasteiger partial charge < -0.3 is 14.5 Å². The van der Waals surface area contributed by atoms with Gasteiger partial charge in [-0.3, -0.25) is 10.9 Å². The summed E-state index contributed by atoms with van der Waals surface area (Å²) in [5.41, 5.74) is 9.12. The van der Waals surface area contributed by atoms with Crippen molar-refractivity contribution in [3.8, 4) is 5.75 Å². The van der Waals surface area contributed by atoms with E-state index in [1.165, 1.54) is 0 Å². The fraction of sp³-hybridized carbons (Fsp3) is 0.360. The van der Waals surface area contributed by atoms with Crippen LogP contribution in [0.2, 0.25) is 0 Å².